The molecule has 0 radical (unpaired) electrons. The summed E-state index contributed by atoms with van der Waals surface area (Å²) in [5.74, 6) is 0.978. The van der Waals surface area contributed by atoms with Crippen LogP contribution in [0.15, 0.2) is 8.68 Å². The Labute approximate surface area is 98.4 Å². The third-order valence-electron chi connectivity index (χ3n) is 1.68. The summed E-state index contributed by atoms with van der Waals surface area (Å²) in [6.45, 7) is 2.15. The molecule has 0 aliphatic heterocycles. The van der Waals surface area contributed by atoms with Crippen molar-refractivity contribution < 1.29 is 8.42 Å². The maximum atomic E-state index is 11.1. The Bertz CT molecular complexity index is 400. The zero-order chi connectivity index (χ0) is 11.3. The van der Waals surface area contributed by atoms with Crippen LogP contribution in [0.4, 0.5) is 0 Å². The van der Waals surface area contributed by atoms with Crippen molar-refractivity contribution in [2.45, 2.75) is 34.9 Å². The van der Waals surface area contributed by atoms with Crippen molar-refractivity contribution in [3.63, 3.8) is 0 Å². The molecule has 0 unspecified atom stereocenters. The minimum Gasteiger partial charge on any atom is -0.221 e. The summed E-state index contributed by atoms with van der Waals surface area (Å²) in [7, 11) is -3.19. The summed E-state index contributed by atoms with van der Waals surface area (Å²) in [5, 5.41) is 7.48. The van der Waals surface area contributed by atoms with Gasteiger partial charge >= 0.3 is 0 Å². The minimum atomic E-state index is -3.19. The van der Waals surface area contributed by atoms with Crippen LogP contribution in [0.3, 0.4) is 0 Å². The van der Waals surface area contributed by atoms with Gasteiger partial charge in [0, 0.05) is 12.0 Å². The average molecular weight is 266 g/mol. The van der Waals surface area contributed by atoms with Crippen molar-refractivity contribution in [1.29, 1.82) is 0 Å². The van der Waals surface area contributed by atoms with E-state index in [0.717, 1.165) is 34.1 Å². The highest BCUT2D eigenvalue weighted by Gasteiger charge is 2.14. The lowest BCUT2D eigenvalue weighted by Crippen LogP contribution is -1.95. The second kappa shape index (κ2) is 5.81. The first-order chi connectivity index (χ1) is 7.04. The van der Waals surface area contributed by atoms with Crippen LogP contribution < -0.4 is 0 Å². The topological polar surface area (TPSA) is 59.9 Å². The highest BCUT2D eigenvalue weighted by Crippen LogP contribution is 2.25. The second-order valence-electron chi connectivity index (χ2n) is 3.16. The zero-order valence-electron chi connectivity index (χ0n) is 8.76. The summed E-state index contributed by atoms with van der Waals surface area (Å²) in [4.78, 5) is 0. The van der Waals surface area contributed by atoms with Crippen LogP contribution in [-0.4, -0.2) is 30.6 Å². The Kier molecular flexibility index (Phi) is 5.01. The van der Waals surface area contributed by atoms with E-state index in [1.54, 1.807) is 11.8 Å². The van der Waals surface area contributed by atoms with Gasteiger partial charge in [-0.25, -0.2) is 8.42 Å². The monoisotopic (exact) mass is 266 g/mol. The average Bonchev–Trinajstić information content (AvgIpc) is 2.60. The van der Waals surface area contributed by atoms with Crippen LogP contribution in [0, 0.1) is 0 Å². The van der Waals surface area contributed by atoms with Gasteiger partial charge < -0.3 is 0 Å². The predicted octanol–water partition coefficient (Wildman–Crippen LogP) is 2.22. The molecule has 1 aromatic heterocycles. The zero-order valence-corrected chi connectivity index (χ0v) is 11.2. The van der Waals surface area contributed by atoms with Crippen molar-refractivity contribution in [3.8, 4) is 0 Å². The van der Waals surface area contributed by atoms with Crippen molar-refractivity contribution in [2.75, 3.05) is 12.0 Å². The molecule has 0 saturated carbocycles. The van der Waals surface area contributed by atoms with Crippen molar-refractivity contribution in [3.05, 3.63) is 0 Å². The minimum absolute atomic E-state index is 0.112. The van der Waals surface area contributed by atoms with Gasteiger partial charge in [0.05, 0.1) is 0 Å². The van der Waals surface area contributed by atoms with Crippen LogP contribution in [0.1, 0.15) is 26.2 Å². The number of thioether (sulfide) groups is 1. The number of aromatic nitrogens is 2. The lowest BCUT2D eigenvalue weighted by atomic mass is 10.3. The van der Waals surface area contributed by atoms with Crippen LogP contribution in [-0.2, 0) is 9.84 Å². The van der Waals surface area contributed by atoms with E-state index in [2.05, 4.69) is 17.1 Å². The molecule has 0 aliphatic rings. The van der Waals surface area contributed by atoms with Crippen molar-refractivity contribution >= 4 is 32.9 Å². The smallest absolute Gasteiger partial charge is 0.221 e. The van der Waals surface area contributed by atoms with Crippen molar-refractivity contribution in [1.82, 2.24) is 10.2 Å². The molecule has 0 fully saturated rings. The van der Waals surface area contributed by atoms with E-state index in [1.165, 1.54) is 12.8 Å². The van der Waals surface area contributed by atoms with Gasteiger partial charge in [-0.3, -0.25) is 0 Å². The lowest BCUT2D eigenvalue weighted by molar-refractivity contribution is 0.599. The first-order valence-corrected chi connectivity index (χ1v) is 8.39. The van der Waals surface area contributed by atoms with Gasteiger partial charge in [-0.1, -0.05) is 42.9 Å². The van der Waals surface area contributed by atoms with Gasteiger partial charge in [0.2, 0.25) is 14.2 Å². The third kappa shape index (κ3) is 4.48. The molecule has 0 bridgehead atoms. The van der Waals surface area contributed by atoms with Gasteiger partial charge in [0.25, 0.3) is 0 Å². The van der Waals surface area contributed by atoms with Crippen LogP contribution in [0.25, 0.3) is 0 Å². The maximum Gasteiger partial charge on any atom is 0.233 e. The van der Waals surface area contributed by atoms with Gasteiger partial charge in [0.15, 0.2) is 4.34 Å². The molecule has 4 nitrogen and oxygen atoms in total. The Hall–Kier alpha value is -0.140. The SMILES string of the molecule is CCCCCSc1nnc(S(C)(=O)=O)s1. The second-order valence-corrected chi connectivity index (χ2v) is 7.67. The largest absolute Gasteiger partial charge is 0.233 e. The molecule has 0 N–H and O–H groups in total. The van der Waals surface area contributed by atoms with Crippen LogP contribution in [0.5, 0.6) is 0 Å². The van der Waals surface area contributed by atoms with Crippen LogP contribution >= 0.6 is 23.1 Å². The number of sulfone groups is 1. The van der Waals surface area contributed by atoms with E-state index < -0.39 is 9.84 Å². The van der Waals surface area contributed by atoms with E-state index in [0.29, 0.717) is 0 Å². The van der Waals surface area contributed by atoms with E-state index >= 15 is 0 Å². The fourth-order valence-corrected chi connectivity index (χ4v) is 3.76. The molecule has 0 aromatic carbocycles. The van der Waals surface area contributed by atoms with Gasteiger partial charge in [0.1, 0.15) is 0 Å². The number of nitrogens with zero attached hydrogens (tertiary/aromatic N) is 2. The number of unbranched alkanes of at least 4 members (excludes halogenated alkanes) is 2. The van der Waals surface area contributed by atoms with Gasteiger partial charge in [-0.05, 0) is 6.42 Å². The van der Waals surface area contributed by atoms with Crippen molar-refractivity contribution in [2.24, 2.45) is 0 Å². The molecule has 0 spiro atoms. The Morgan fingerprint density at radius 3 is 2.60 bits per heavy atom. The molecule has 0 aliphatic carbocycles. The first kappa shape index (κ1) is 12.9. The Balaban J connectivity index is 2.47. The first-order valence-electron chi connectivity index (χ1n) is 4.70. The van der Waals surface area contributed by atoms with Crippen LogP contribution in [0.2, 0.25) is 0 Å². The molecule has 86 valence electrons. The molecule has 1 aromatic rings. The van der Waals surface area contributed by atoms with E-state index in [4.69, 9.17) is 0 Å². The Morgan fingerprint density at radius 1 is 1.33 bits per heavy atom. The fourth-order valence-electron chi connectivity index (χ4n) is 0.917. The summed E-state index contributed by atoms with van der Waals surface area (Å²) in [6, 6.07) is 0. The quantitative estimate of drug-likeness (QED) is 0.583. The summed E-state index contributed by atoms with van der Waals surface area (Å²) in [5.41, 5.74) is 0. The number of hydrogen-bond acceptors (Lipinski definition) is 6. The number of rotatable bonds is 6. The molecule has 7 heteroatoms. The molecule has 0 amide bonds. The highest BCUT2D eigenvalue weighted by atomic mass is 32.2. The number of hydrogen-bond donors (Lipinski definition) is 0. The fraction of sp³-hybridized carbons (Fsp3) is 0.750. The van der Waals surface area contributed by atoms with E-state index in [-0.39, 0.29) is 4.34 Å². The Morgan fingerprint density at radius 2 is 2.07 bits per heavy atom. The summed E-state index contributed by atoms with van der Waals surface area (Å²) < 4.78 is 23.1. The van der Waals surface area contributed by atoms with E-state index in [9.17, 15) is 8.42 Å². The van der Waals surface area contributed by atoms with E-state index in [1.807, 2.05) is 0 Å². The molecule has 0 atom stereocenters. The molecule has 15 heavy (non-hydrogen) atoms. The summed E-state index contributed by atoms with van der Waals surface area (Å²) in [6.07, 6.45) is 4.67. The molecule has 1 rings (SSSR count). The highest BCUT2D eigenvalue weighted by molar-refractivity contribution is 8.01. The molecule has 1 heterocycles. The molecular weight excluding hydrogens is 252 g/mol. The maximum absolute atomic E-state index is 11.1. The van der Waals surface area contributed by atoms with Gasteiger partial charge in [-0.2, -0.15) is 0 Å². The predicted molar refractivity (Wildman–Crippen MR) is 63.3 cm³/mol. The third-order valence-corrected chi connectivity index (χ3v) is 5.49. The summed E-state index contributed by atoms with van der Waals surface area (Å²) >= 11 is 2.73. The van der Waals surface area contributed by atoms with Gasteiger partial charge in [-0.15, -0.1) is 10.2 Å². The molecular formula is C8H14N2O2S3. The normalized spacial score (nSPS) is 11.9. The molecule has 0 saturated heterocycles. The standard InChI is InChI=1S/C8H14N2O2S3/c1-3-4-5-6-13-7-9-10-8(14-7)15(2,11)12/h3-6H2,1-2H3. The lowest BCUT2D eigenvalue weighted by Gasteiger charge is -1.94.